The summed E-state index contributed by atoms with van der Waals surface area (Å²) in [5.41, 5.74) is 7.47. The van der Waals surface area contributed by atoms with Crippen molar-refractivity contribution in [3.63, 3.8) is 0 Å². The monoisotopic (exact) mass is 280 g/mol. The van der Waals surface area contributed by atoms with Crippen molar-refractivity contribution in [3.8, 4) is 0 Å². The van der Waals surface area contributed by atoms with Crippen LogP contribution in [0.3, 0.4) is 0 Å². The van der Waals surface area contributed by atoms with Crippen LogP contribution in [0.1, 0.15) is 35.7 Å². The number of hydrogen-bond acceptors (Lipinski definition) is 2. The SMILES string of the molecule is Cc1cccc(C(=O)N2CCC(C(C)N)CC2)c1Cl. The van der Waals surface area contributed by atoms with Gasteiger partial charge in [0.05, 0.1) is 10.6 Å². The number of carbonyl (C=O) groups excluding carboxylic acids is 1. The number of nitrogens with two attached hydrogens (primary N) is 1. The molecule has 1 unspecified atom stereocenters. The molecule has 1 aromatic carbocycles. The Bertz CT molecular complexity index is 465. The molecule has 0 saturated carbocycles. The summed E-state index contributed by atoms with van der Waals surface area (Å²) in [6, 6.07) is 5.81. The minimum atomic E-state index is 0.0387. The zero-order valence-corrected chi connectivity index (χ0v) is 12.3. The maximum Gasteiger partial charge on any atom is 0.255 e. The highest BCUT2D eigenvalue weighted by Gasteiger charge is 2.26. The molecule has 19 heavy (non-hydrogen) atoms. The molecule has 1 fully saturated rings. The average Bonchev–Trinajstić information content (AvgIpc) is 2.41. The zero-order chi connectivity index (χ0) is 14.0. The molecule has 1 aliphatic heterocycles. The van der Waals surface area contributed by atoms with Crippen molar-refractivity contribution in [3.05, 3.63) is 34.3 Å². The van der Waals surface area contributed by atoms with E-state index in [9.17, 15) is 4.79 Å². The van der Waals surface area contributed by atoms with E-state index in [0.29, 0.717) is 16.5 Å². The number of halogens is 1. The minimum absolute atomic E-state index is 0.0387. The van der Waals surface area contributed by atoms with E-state index < -0.39 is 0 Å². The summed E-state index contributed by atoms with van der Waals surface area (Å²) >= 11 is 6.22. The van der Waals surface area contributed by atoms with Crippen molar-refractivity contribution in [2.75, 3.05) is 13.1 Å². The zero-order valence-electron chi connectivity index (χ0n) is 11.5. The van der Waals surface area contributed by atoms with Gasteiger partial charge in [-0.2, -0.15) is 0 Å². The van der Waals surface area contributed by atoms with Gasteiger partial charge in [-0.1, -0.05) is 23.7 Å². The van der Waals surface area contributed by atoms with Crippen LogP contribution in [-0.2, 0) is 0 Å². The third kappa shape index (κ3) is 3.10. The summed E-state index contributed by atoms with van der Waals surface area (Å²) in [5, 5.41) is 0.571. The van der Waals surface area contributed by atoms with Crippen LogP contribution in [0, 0.1) is 12.8 Å². The number of hydrogen-bond donors (Lipinski definition) is 1. The Morgan fingerprint density at radius 2 is 2.05 bits per heavy atom. The predicted octanol–water partition coefficient (Wildman–Crippen LogP) is 2.85. The lowest BCUT2D eigenvalue weighted by Gasteiger charge is -2.34. The minimum Gasteiger partial charge on any atom is -0.339 e. The quantitative estimate of drug-likeness (QED) is 0.905. The van der Waals surface area contributed by atoms with E-state index in [2.05, 4.69) is 0 Å². The molecule has 0 aromatic heterocycles. The molecule has 104 valence electrons. The molecule has 1 aliphatic rings. The Hall–Kier alpha value is -1.06. The lowest BCUT2D eigenvalue weighted by Crippen LogP contribution is -2.42. The Kier molecular flexibility index (Phi) is 4.48. The van der Waals surface area contributed by atoms with Crippen molar-refractivity contribution in [2.24, 2.45) is 11.7 Å². The van der Waals surface area contributed by atoms with Crippen LogP contribution in [0.5, 0.6) is 0 Å². The van der Waals surface area contributed by atoms with Gasteiger partial charge in [0.25, 0.3) is 5.91 Å². The fourth-order valence-corrected chi connectivity index (χ4v) is 2.82. The molecule has 0 aliphatic carbocycles. The van der Waals surface area contributed by atoms with Crippen LogP contribution in [0.4, 0.5) is 0 Å². The summed E-state index contributed by atoms with van der Waals surface area (Å²) in [4.78, 5) is 14.3. The van der Waals surface area contributed by atoms with Gasteiger partial charge in [0.2, 0.25) is 0 Å². The van der Waals surface area contributed by atoms with Crippen molar-refractivity contribution in [1.82, 2.24) is 4.90 Å². The lowest BCUT2D eigenvalue weighted by atomic mass is 9.90. The Balaban J connectivity index is 2.07. The fraction of sp³-hybridized carbons (Fsp3) is 0.533. The van der Waals surface area contributed by atoms with Gasteiger partial charge in [0.15, 0.2) is 0 Å². The molecule has 1 heterocycles. The second kappa shape index (κ2) is 5.93. The van der Waals surface area contributed by atoms with E-state index in [4.69, 9.17) is 17.3 Å². The molecule has 1 amide bonds. The molecule has 4 heteroatoms. The van der Waals surface area contributed by atoms with Gasteiger partial charge in [-0.15, -0.1) is 0 Å². The molecule has 1 saturated heterocycles. The first-order valence-corrected chi connectivity index (χ1v) is 7.18. The second-order valence-electron chi connectivity index (χ2n) is 5.43. The molecule has 0 bridgehead atoms. The Morgan fingerprint density at radius 1 is 1.42 bits per heavy atom. The molecular formula is C15H21ClN2O. The number of benzene rings is 1. The van der Waals surface area contributed by atoms with Crippen LogP contribution in [0.25, 0.3) is 0 Å². The normalized spacial score (nSPS) is 18.4. The molecule has 0 spiro atoms. The smallest absolute Gasteiger partial charge is 0.255 e. The van der Waals surface area contributed by atoms with Crippen LogP contribution in [0.15, 0.2) is 18.2 Å². The number of rotatable bonds is 2. The van der Waals surface area contributed by atoms with Crippen molar-refractivity contribution in [2.45, 2.75) is 32.7 Å². The van der Waals surface area contributed by atoms with Crippen LogP contribution < -0.4 is 5.73 Å². The Labute approximate surface area is 119 Å². The summed E-state index contributed by atoms with van der Waals surface area (Å²) in [6.45, 7) is 5.51. The number of amides is 1. The van der Waals surface area contributed by atoms with Gasteiger partial charge >= 0.3 is 0 Å². The molecular weight excluding hydrogens is 260 g/mol. The van der Waals surface area contributed by atoms with Gasteiger partial charge in [-0.25, -0.2) is 0 Å². The number of aryl methyl sites for hydroxylation is 1. The van der Waals surface area contributed by atoms with Gasteiger partial charge in [-0.05, 0) is 44.2 Å². The highest BCUT2D eigenvalue weighted by atomic mass is 35.5. The number of likely N-dealkylation sites (tertiary alicyclic amines) is 1. The molecule has 1 aromatic rings. The first-order chi connectivity index (χ1) is 9.00. The standard InChI is InChI=1S/C15H21ClN2O/c1-10-4-3-5-13(14(10)16)15(19)18-8-6-12(7-9-18)11(2)17/h3-5,11-12H,6-9,17H2,1-2H3. The topological polar surface area (TPSA) is 46.3 Å². The first-order valence-electron chi connectivity index (χ1n) is 6.80. The highest BCUT2D eigenvalue weighted by Crippen LogP contribution is 2.25. The maximum atomic E-state index is 12.5. The largest absolute Gasteiger partial charge is 0.339 e. The van der Waals surface area contributed by atoms with Crippen molar-refractivity contribution in [1.29, 1.82) is 0 Å². The summed E-state index contributed by atoms with van der Waals surface area (Å²) in [7, 11) is 0. The highest BCUT2D eigenvalue weighted by molar-refractivity contribution is 6.34. The maximum absolute atomic E-state index is 12.5. The van der Waals surface area contributed by atoms with E-state index in [1.165, 1.54) is 0 Å². The number of piperidine rings is 1. The summed E-state index contributed by atoms with van der Waals surface area (Å²) < 4.78 is 0. The molecule has 2 rings (SSSR count). The number of carbonyl (C=O) groups is 1. The van der Waals surface area contributed by atoms with Gasteiger partial charge in [0, 0.05) is 19.1 Å². The predicted molar refractivity (Wildman–Crippen MR) is 78.5 cm³/mol. The Morgan fingerprint density at radius 3 is 2.63 bits per heavy atom. The van der Waals surface area contributed by atoms with E-state index in [0.717, 1.165) is 31.5 Å². The van der Waals surface area contributed by atoms with Crippen LogP contribution in [0.2, 0.25) is 5.02 Å². The average molecular weight is 281 g/mol. The van der Waals surface area contributed by atoms with Gasteiger partial charge in [0.1, 0.15) is 0 Å². The lowest BCUT2D eigenvalue weighted by molar-refractivity contribution is 0.0681. The second-order valence-corrected chi connectivity index (χ2v) is 5.80. The van der Waals surface area contributed by atoms with E-state index >= 15 is 0 Å². The number of nitrogens with zero attached hydrogens (tertiary/aromatic N) is 1. The van der Waals surface area contributed by atoms with Gasteiger partial charge in [-0.3, -0.25) is 4.79 Å². The third-order valence-corrected chi connectivity index (χ3v) is 4.49. The molecule has 3 nitrogen and oxygen atoms in total. The van der Waals surface area contributed by atoms with Crippen molar-refractivity contribution >= 4 is 17.5 Å². The third-order valence-electron chi connectivity index (χ3n) is 3.99. The van der Waals surface area contributed by atoms with Crippen molar-refractivity contribution < 1.29 is 4.79 Å². The van der Waals surface area contributed by atoms with Crippen LogP contribution in [-0.4, -0.2) is 29.9 Å². The van der Waals surface area contributed by atoms with Gasteiger partial charge < -0.3 is 10.6 Å². The fourth-order valence-electron chi connectivity index (χ4n) is 2.61. The summed E-state index contributed by atoms with van der Waals surface area (Å²) in [5.74, 6) is 0.564. The van der Waals surface area contributed by atoms with E-state index in [1.54, 1.807) is 6.07 Å². The molecule has 2 N–H and O–H groups in total. The van der Waals surface area contributed by atoms with E-state index in [1.807, 2.05) is 30.9 Å². The van der Waals surface area contributed by atoms with Crippen LogP contribution >= 0.6 is 11.6 Å². The first kappa shape index (κ1) is 14.4. The molecule has 1 atom stereocenters. The van der Waals surface area contributed by atoms with E-state index in [-0.39, 0.29) is 11.9 Å². The molecule has 0 radical (unpaired) electrons. The summed E-state index contributed by atoms with van der Waals surface area (Å²) in [6.07, 6.45) is 1.96.